The Morgan fingerprint density at radius 3 is 2.90 bits per heavy atom. The van der Waals surface area contributed by atoms with Crippen LogP contribution in [-0.2, 0) is 6.54 Å². The van der Waals surface area contributed by atoms with Crippen molar-refractivity contribution in [2.45, 2.75) is 65.1 Å². The van der Waals surface area contributed by atoms with Crippen LogP contribution in [0.4, 0.5) is 10.2 Å². The molecule has 0 amide bonds. The third-order valence-corrected chi connectivity index (χ3v) is 4.19. The average Bonchev–Trinajstić information content (AvgIpc) is 2.82. The fraction of sp³-hybridized carbons (Fsp3) is 0.688. The zero-order valence-electron chi connectivity index (χ0n) is 12.8. The van der Waals surface area contributed by atoms with E-state index in [1.165, 1.54) is 0 Å². The van der Waals surface area contributed by atoms with E-state index in [0.717, 1.165) is 37.8 Å². The molecule has 1 aliphatic rings. The van der Waals surface area contributed by atoms with Gasteiger partial charge in [0, 0.05) is 30.4 Å². The van der Waals surface area contributed by atoms with Crippen LogP contribution >= 0.6 is 0 Å². The molecule has 1 fully saturated rings. The van der Waals surface area contributed by atoms with Crippen LogP contribution in [-0.4, -0.2) is 23.6 Å². The van der Waals surface area contributed by atoms with Gasteiger partial charge in [0.1, 0.15) is 0 Å². The van der Waals surface area contributed by atoms with Crippen molar-refractivity contribution < 1.29 is 4.39 Å². The molecule has 2 rings (SSSR count). The molecule has 0 bridgehead atoms. The van der Waals surface area contributed by atoms with Gasteiger partial charge >= 0.3 is 0 Å². The number of halogens is 1. The summed E-state index contributed by atoms with van der Waals surface area (Å²) in [6, 6.07) is 2.58. The van der Waals surface area contributed by atoms with E-state index in [4.69, 9.17) is 0 Å². The molecule has 0 spiro atoms. The van der Waals surface area contributed by atoms with Gasteiger partial charge in [-0.2, -0.15) is 0 Å². The van der Waals surface area contributed by atoms with Crippen molar-refractivity contribution in [3.8, 4) is 0 Å². The molecule has 2 atom stereocenters. The van der Waals surface area contributed by atoms with Gasteiger partial charge in [0.25, 0.3) is 0 Å². The number of nitrogens with zero attached hydrogens (tertiary/aromatic N) is 2. The molecule has 0 aromatic carbocycles. The number of hydrogen-bond acceptors (Lipinski definition) is 3. The minimum Gasteiger partial charge on any atom is -0.349 e. The molecule has 3 nitrogen and oxygen atoms in total. The lowest BCUT2D eigenvalue weighted by molar-refractivity contribution is 0.552. The van der Waals surface area contributed by atoms with Crippen LogP contribution in [0.15, 0.2) is 12.3 Å². The van der Waals surface area contributed by atoms with Crippen LogP contribution < -0.4 is 10.2 Å². The average molecular weight is 279 g/mol. The highest BCUT2D eigenvalue weighted by Crippen LogP contribution is 2.32. The van der Waals surface area contributed by atoms with Gasteiger partial charge in [-0.3, -0.25) is 0 Å². The third-order valence-electron chi connectivity index (χ3n) is 4.19. The van der Waals surface area contributed by atoms with Crippen molar-refractivity contribution in [1.29, 1.82) is 0 Å². The molecule has 2 heterocycles. The molecule has 0 saturated carbocycles. The third kappa shape index (κ3) is 3.11. The summed E-state index contributed by atoms with van der Waals surface area (Å²) in [6.07, 6.45) is 6.10. The van der Waals surface area contributed by atoms with Crippen LogP contribution in [0.3, 0.4) is 0 Å². The number of hydrogen-bond donors (Lipinski definition) is 1. The van der Waals surface area contributed by atoms with Crippen molar-refractivity contribution in [3.05, 3.63) is 23.6 Å². The lowest BCUT2D eigenvalue weighted by Gasteiger charge is -2.29. The molecule has 4 heteroatoms. The smallest absolute Gasteiger partial charge is 0.170 e. The molecule has 0 aliphatic carbocycles. The topological polar surface area (TPSA) is 28.2 Å². The fourth-order valence-corrected chi connectivity index (χ4v) is 3.04. The summed E-state index contributed by atoms with van der Waals surface area (Å²) in [5.41, 5.74) is 0.720. The van der Waals surface area contributed by atoms with E-state index in [-0.39, 0.29) is 5.82 Å². The van der Waals surface area contributed by atoms with Gasteiger partial charge in [0.05, 0.1) is 0 Å². The molecular weight excluding hydrogens is 253 g/mol. The maximum atomic E-state index is 14.7. The molecule has 1 N–H and O–H groups in total. The molecule has 112 valence electrons. The summed E-state index contributed by atoms with van der Waals surface area (Å²) in [4.78, 5) is 6.50. The maximum Gasteiger partial charge on any atom is 0.170 e. The first-order chi connectivity index (χ1) is 9.69. The number of rotatable bonds is 6. The SMILES string of the molecule is CCCNCc1ccnc(N2C(C)CCC2CC)c1F. The van der Waals surface area contributed by atoms with Crippen LogP contribution in [0.2, 0.25) is 0 Å². The standard InChI is InChI=1S/C16H26FN3/c1-4-9-18-11-13-8-10-19-16(15(13)17)20-12(3)6-7-14(20)5-2/h8,10,12,14,18H,4-7,9,11H2,1-3H3. The van der Waals surface area contributed by atoms with E-state index in [9.17, 15) is 4.39 Å². The van der Waals surface area contributed by atoms with Crippen molar-refractivity contribution in [2.75, 3.05) is 11.4 Å². The molecule has 1 saturated heterocycles. The van der Waals surface area contributed by atoms with Gasteiger partial charge in [-0.05, 0) is 45.2 Å². The van der Waals surface area contributed by atoms with E-state index in [1.54, 1.807) is 12.3 Å². The largest absolute Gasteiger partial charge is 0.349 e. The molecule has 1 aromatic heterocycles. The Morgan fingerprint density at radius 2 is 2.20 bits per heavy atom. The van der Waals surface area contributed by atoms with Crippen molar-refractivity contribution in [3.63, 3.8) is 0 Å². The van der Waals surface area contributed by atoms with E-state index >= 15 is 0 Å². The number of anilines is 1. The summed E-state index contributed by atoms with van der Waals surface area (Å²) in [6.45, 7) is 7.93. The first-order valence-corrected chi connectivity index (χ1v) is 7.81. The molecule has 1 aromatic rings. The lowest BCUT2D eigenvalue weighted by Crippen LogP contribution is -2.35. The van der Waals surface area contributed by atoms with Crippen LogP contribution in [0, 0.1) is 5.82 Å². The van der Waals surface area contributed by atoms with E-state index in [1.807, 2.05) is 0 Å². The van der Waals surface area contributed by atoms with Crippen LogP contribution in [0.5, 0.6) is 0 Å². The minimum atomic E-state index is -0.150. The fourth-order valence-electron chi connectivity index (χ4n) is 3.04. The van der Waals surface area contributed by atoms with Gasteiger partial charge in [0.2, 0.25) is 0 Å². The second-order valence-corrected chi connectivity index (χ2v) is 5.68. The second kappa shape index (κ2) is 7.02. The van der Waals surface area contributed by atoms with E-state index in [0.29, 0.717) is 24.4 Å². The van der Waals surface area contributed by atoms with Gasteiger partial charge < -0.3 is 10.2 Å². The summed E-state index contributed by atoms with van der Waals surface area (Å²) < 4.78 is 14.7. The van der Waals surface area contributed by atoms with Crippen molar-refractivity contribution >= 4 is 5.82 Å². The zero-order chi connectivity index (χ0) is 14.5. The number of nitrogens with one attached hydrogen (secondary N) is 1. The zero-order valence-corrected chi connectivity index (χ0v) is 12.8. The Labute approximate surface area is 121 Å². The first kappa shape index (κ1) is 15.2. The van der Waals surface area contributed by atoms with Crippen molar-refractivity contribution in [1.82, 2.24) is 10.3 Å². The minimum absolute atomic E-state index is 0.150. The molecular formula is C16H26FN3. The van der Waals surface area contributed by atoms with Gasteiger partial charge in [-0.25, -0.2) is 9.37 Å². The monoisotopic (exact) mass is 279 g/mol. The maximum absolute atomic E-state index is 14.7. The number of aromatic nitrogens is 1. The highest BCUT2D eigenvalue weighted by molar-refractivity contribution is 5.46. The Kier molecular flexibility index (Phi) is 5.35. The summed E-state index contributed by atoms with van der Waals surface area (Å²) in [5, 5.41) is 3.26. The summed E-state index contributed by atoms with van der Waals surface area (Å²) >= 11 is 0. The van der Waals surface area contributed by atoms with E-state index in [2.05, 4.69) is 36.0 Å². The molecule has 20 heavy (non-hydrogen) atoms. The van der Waals surface area contributed by atoms with Gasteiger partial charge in [-0.1, -0.05) is 13.8 Å². The second-order valence-electron chi connectivity index (χ2n) is 5.68. The van der Waals surface area contributed by atoms with E-state index < -0.39 is 0 Å². The van der Waals surface area contributed by atoms with Crippen LogP contribution in [0.25, 0.3) is 0 Å². The Balaban J connectivity index is 2.21. The molecule has 1 aliphatic heterocycles. The normalized spacial score (nSPS) is 22.5. The summed E-state index contributed by atoms with van der Waals surface area (Å²) in [7, 11) is 0. The highest BCUT2D eigenvalue weighted by Gasteiger charge is 2.32. The number of pyridine rings is 1. The Hall–Kier alpha value is -1.16. The molecule has 2 unspecified atom stereocenters. The van der Waals surface area contributed by atoms with Crippen molar-refractivity contribution in [2.24, 2.45) is 0 Å². The quantitative estimate of drug-likeness (QED) is 0.808. The Bertz CT molecular complexity index is 436. The Morgan fingerprint density at radius 1 is 1.40 bits per heavy atom. The predicted molar refractivity (Wildman–Crippen MR) is 81.4 cm³/mol. The van der Waals surface area contributed by atoms with Gasteiger partial charge in [0.15, 0.2) is 11.6 Å². The van der Waals surface area contributed by atoms with Crippen LogP contribution in [0.1, 0.15) is 52.0 Å². The summed E-state index contributed by atoms with van der Waals surface area (Å²) in [5.74, 6) is 0.390. The molecule has 0 radical (unpaired) electrons. The lowest BCUT2D eigenvalue weighted by atomic mass is 10.1. The first-order valence-electron chi connectivity index (χ1n) is 7.81. The highest BCUT2D eigenvalue weighted by atomic mass is 19.1. The van der Waals surface area contributed by atoms with Gasteiger partial charge in [-0.15, -0.1) is 0 Å². The predicted octanol–water partition coefficient (Wildman–Crippen LogP) is 3.49.